The van der Waals surface area contributed by atoms with Crippen molar-refractivity contribution in [3.8, 4) is 0 Å². The minimum atomic E-state index is -4.41. The van der Waals surface area contributed by atoms with E-state index < -0.39 is 17.7 Å². The number of carbonyl (C=O) groups excluding carboxylic acids is 1. The highest BCUT2D eigenvalue weighted by Gasteiger charge is 2.33. The summed E-state index contributed by atoms with van der Waals surface area (Å²) in [4.78, 5) is 13.0. The van der Waals surface area contributed by atoms with Gasteiger partial charge in [0.25, 0.3) is 5.69 Å². The second-order valence-electron chi connectivity index (χ2n) is 2.48. The normalized spacial score (nSPS) is 11.1. The first kappa shape index (κ1) is 10.5. The van der Waals surface area contributed by atoms with E-state index in [1.165, 1.54) is 0 Å². The molecule has 0 bridgehead atoms. The molecule has 1 N–H and O–H groups in total. The number of rotatable bonds is 1. The van der Waals surface area contributed by atoms with Crippen LogP contribution in [0.5, 0.6) is 0 Å². The molecule has 0 aliphatic rings. The summed E-state index contributed by atoms with van der Waals surface area (Å²) < 4.78 is 40.5. The lowest BCUT2D eigenvalue weighted by Gasteiger charge is -2.02. The maximum absolute atomic E-state index is 12.1. The maximum Gasteiger partial charge on any atom is 0.422 e. The number of hydrogen-bond acceptors (Lipinski definition) is 2. The molecular weight excluding hydrogens is 199 g/mol. The molecule has 1 aromatic heterocycles. The SMILES string of the molecule is COC(=O)c1ccc(C(F)(F)F)c[nH+]1. The van der Waals surface area contributed by atoms with Gasteiger partial charge >= 0.3 is 12.1 Å². The molecule has 1 rings (SSSR count). The molecule has 0 saturated carbocycles. The van der Waals surface area contributed by atoms with Crippen LogP contribution in [0.1, 0.15) is 16.1 Å². The van der Waals surface area contributed by atoms with Crippen molar-refractivity contribution in [2.24, 2.45) is 0 Å². The molecule has 3 nitrogen and oxygen atoms in total. The van der Waals surface area contributed by atoms with E-state index in [0.717, 1.165) is 19.2 Å². The molecule has 0 spiro atoms. The largest absolute Gasteiger partial charge is 0.461 e. The van der Waals surface area contributed by atoms with Crippen LogP contribution in [0.3, 0.4) is 0 Å². The summed E-state index contributed by atoms with van der Waals surface area (Å²) in [5.41, 5.74) is -0.870. The third-order valence-electron chi connectivity index (χ3n) is 1.55. The van der Waals surface area contributed by atoms with E-state index in [4.69, 9.17) is 0 Å². The van der Waals surface area contributed by atoms with Crippen molar-refractivity contribution in [3.05, 3.63) is 29.6 Å². The summed E-state index contributed by atoms with van der Waals surface area (Å²) in [6.07, 6.45) is -3.70. The number of pyridine rings is 1. The minimum absolute atomic E-state index is 0.0273. The first-order valence-electron chi connectivity index (χ1n) is 3.62. The van der Waals surface area contributed by atoms with Crippen LogP contribution in [0.2, 0.25) is 0 Å². The first-order chi connectivity index (χ1) is 6.45. The van der Waals surface area contributed by atoms with E-state index in [1.54, 1.807) is 0 Å². The average molecular weight is 206 g/mol. The van der Waals surface area contributed by atoms with Gasteiger partial charge in [-0.05, 0) is 6.07 Å². The highest BCUT2D eigenvalue weighted by Crippen LogP contribution is 2.27. The van der Waals surface area contributed by atoms with Crippen molar-refractivity contribution in [2.75, 3.05) is 7.11 Å². The Labute approximate surface area is 77.5 Å². The predicted octanol–water partition coefficient (Wildman–Crippen LogP) is 1.31. The van der Waals surface area contributed by atoms with Crippen LogP contribution in [-0.2, 0) is 10.9 Å². The number of H-pyrrole nitrogens is 1. The highest BCUT2D eigenvalue weighted by atomic mass is 19.4. The number of nitrogens with one attached hydrogen (secondary N) is 1. The number of aromatic amines is 1. The molecule has 0 atom stereocenters. The van der Waals surface area contributed by atoms with Gasteiger partial charge in [-0.1, -0.05) is 0 Å². The third kappa shape index (κ3) is 2.21. The van der Waals surface area contributed by atoms with Crippen molar-refractivity contribution in [3.63, 3.8) is 0 Å². The Morgan fingerprint density at radius 2 is 2.07 bits per heavy atom. The summed E-state index contributed by atoms with van der Waals surface area (Å²) in [6.45, 7) is 0. The van der Waals surface area contributed by atoms with E-state index in [2.05, 4.69) is 9.72 Å². The van der Waals surface area contributed by atoms with E-state index in [9.17, 15) is 18.0 Å². The van der Waals surface area contributed by atoms with Crippen LogP contribution in [0, 0.1) is 0 Å². The first-order valence-corrected chi connectivity index (χ1v) is 3.62. The topological polar surface area (TPSA) is 40.4 Å². The lowest BCUT2D eigenvalue weighted by atomic mass is 10.2. The maximum atomic E-state index is 12.1. The lowest BCUT2D eigenvalue weighted by molar-refractivity contribution is -0.386. The number of methoxy groups -OCH3 is 1. The van der Waals surface area contributed by atoms with Gasteiger partial charge in [0.15, 0.2) is 6.20 Å². The zero-order valence-corrected chi connectivity index (χ0v) is 7.18. The van der Waals surface area contributed by atoms with Gasteiger partial charge in [0.2, 0.25) is 0 Å². The molecule has 0 saturated heterocycles. The number of halogens is 3. The Hall–Kier alpha value is -1.59. The van der Waals surface area contributed by atoms with Crippen LogP contribution < -0.4 is 4.98 Å². The van der Waals surface area contributed by atoms with Gasteiger partial charge in [-0.2, -0.15) is 13.2 Å². The number of ether oxygens (including phenoxy) is 1. The van der Waals surface area contributed by atoms with Crippen molar-refractivity contribution < 1.29 is 27.7 Å². The van der Waals surface area contributed by atoms with E-state index in [1.807, 2.05) is 0 Å². The Kier molecular flexibility index (Phi) is 2.73. The minimum Gasteiger partial charge on any atom is -0.461 e. The molecule has 0 radical (unpaired) electrons. The molecule has 1 heterocycles. The number of esters is 1. The van der Waals surface area contributed by atoms with Gasteiger partial charge < -0.3 is 4.74 Å². The van der Waals surface area contributed by atoms with Gasteiger partial charge in [0.05, 0.1) is 7.11 Å². The summed E-state index contributed by atoms with van der Waals surface area (Å²) in [6, 6.07) is 1.83. The molecule has 0 fully saturated rings. The van der Waals surface area contributed by atoms with E-state index in [0.29, 0.717) is 6.20 Å². The Balaban J connectivity index is 2.95. The summed E-state index contributed by atoms with van der Waals surface area (Å²) in [5.74, 6) is -0.710. The fourth-order valence-electron chi connectivity index (χ4n) is 0.838. The van der Waals surface area contributed by atoms with Crippen molar-refractivity contribution in [1.82, 2.24) is 0 Å². The molecule has 0 aromatic carbocycles. The Morgan fingerprint density at radius 3 is 2.43 bits per heavy atom. The molecule has 6 heteroatoms. The molecule has 0 unspecified atom stereocenters. The van der Waals surface area contributed by atoms with Crippen LogP contribution >= 0.6 is 0 Å². The molecule has 1 aromatic rings. The molecule has 0 aliphatic carbocycles. The second kappa shape index (κ2) is 3.65. The lowest BCUT2D eigenvalue weighted by Crippen LogP contribution is -2.20. The summed E-state index contributed by atoms with van der Waals surface area (Å²) in [7, 11) is 1.15. The highest BCUT2D eigenvalue weighted by molar-refractivity contribution is 5.85. The number of hydrogen-bond donors (Lipinski definition) is 0. The van der Waals surface area contributed by atoms with Crippen LogP contribution in [0.15, 0.2) is 18.3 Å². The van der Waals surface area contributed by atoms with E-state index in [-0.39, 0.29) is 5.69 Å². The number of alkyl halides is 3. The van der Waals surface area contributed by atoms with Crippen molar-refractivity contribution >= 4 is 5.97 Å². The molecule has 76 valence electrons. The number of aromatic nitrogens is 1. The van der Waals surface area contributed by atoms with Gasteiger partial charge in [-0.3, -0.25) is 0 Å². The van der Waals surface area contributed by atoms with Crippen LogP contribution in [0.25, 0.3) is 0 Å². The molecule has 0 amide bonds. The van der Waals surface area contributed by atoms with Crippen molar-refractivity contribution in [2.45, 2.75) is 6.18 Å². The predicted molar refractivity (Wildman–Crippen MR) is 39.3 cm³/mol. The fraction of sp³-hybridized carbons (Fsp3) is 0.250. The monoisotopic (exact) mass is 206 g/mol. The smallest absolute Gasteiger partial charge is 0.422 e. The van der Waals surface area contributed by atoms with Crippen molar-refractivity contribution in [1.29, 1.82) is 0 Å². The summed E-state index contributed by atoms with van der Waals surface area (Å²) >= 11 is 0. The number of carbonyl (C=O) groups is 1. The van der Waals surface area contributed by atoms with Gasteiger partial charge in [-0.25, -0.2) is 9.78 Å². The zero-order valence-electron chi connectivity index (χ0n) is 7.18. The van der Waals surface area contributed by atoms with Crippen LogP contribution in [-0.4, -0.2) is 13.1 Å². The standard InChI is InChI=1S/C8H6F3NO2/c1-14-7(13)6-3-2-5(4-12-6)8(9,10)11/h2-4H,1H3/p+1. The average Bonchev–Trinajstić information content (AvgIpc) is 2.15. The van der Waals surface area contributed by atoms with Gasteiger partial charge in [-0.15, -0.1) is 0 Å². The van der Waals surface area contributed by atoms with E-state index >= 15 is 0 Å². The quantitative estimate of drug-likeness (QED) is 0.650. The summed E-state index contributed by atoms with van der Waals surface area (Å²) in [5, 5.41) is 0. The third-order valence-corrected chi connectivity index (χ3v) is 1.55. The molecular formula is C8H7F3NO2+. The Morgan fingerprint density at radius 1 is 1.43 bits per heavy atom. The second-order valence-corrected chi connectivity index (χ2v) is 2.48. The fourth-order valence-corrected chi connectivity index (χ4v) is 0.838. The molecule has 0 aliphatic heterocycles. The Bertz CT molecular complexity index is 331. The van der Waals surface area contributed by atoms with Gasteiger partial charge in [0, 0.05) is 6.07 Å². The zero-order chi connectivity index (χ0) is 10.8. The van der Waals surface area contributed by atoms with Crippen LogP contribution in [0.4, 0.5) is 13.2 Å². The molecule has 14 heavy (non-hydrogen) atoms. The van der Waals surface area contributed by atoms with Gasteiger partial charge in [0.1, 0.15) is 5.56 Å².